The number of nitrogens with zero attached hydrogens (tertiary/aromatic N) is 2. The molecule has 2 N–H and O–H groups in total. The van der Waals surface area contributed by atoms with Crippen LogP contribution in [0.1, 0.15) is 44.2 Å². The van der Waals surface area contributed by atoms with Crippen molar-refractivity contribution in [3.63, 3.8) is 0 Å². The molecule has 5 nitrogen and oxygen atoms in total. The second-order valence-electron chi connectivity index (χ2n) is 4.44. The average Bonchev–Trinajstić information content (AvgIpc) is 2.53. The van der Waals surface area contributed by atoms with Gasteiger partial charge in [-0.05, 0) is 32.6 Å². The number of rotatable bonds is 2. The van der Waals surface area contributed by atoms with Crippen LogP contribution >= 0.6 is 0 Å². The summed E-state index contributed by atoms with van der Waals surface area (Å²) in [7, 11) is 0. The zero-order valence-corrected chi connectivity index (χ0v) is 10.1. The second kappa shape index (κ2) is 5.61. The van der Waals surface area contributed by atoms with Gasteiger partial charge < -0.3 is 0 Å². The van der Waals surface area contributed by atoms with E-state index in [2.05, 4.69) is 20.5 Å². The van der Waals surface area contributed by atoms with E-state index in [0.717, 1.165) is 12.8 Å². The molecular formula is C12H18N4O. The van der Waals surface area contributed by atoms with Gasteiger partial charge in [0.1, 0.15) is 0 Å². The first-order valence-electron chi connectivity index (χ1n) is 6.13. The van der Waals surface area contributed by atoms with Gasteiger partial charge in [0.2, 0.25) is 5.95 Å². The van der Waals surface area contributed by atoms with Crippen molar-refractivity contribution >= 4 is 11.7 Å². The molecule has 0 aromatic carbocycles. The maximum absolute atomic E-state index is 11.2. The molecule has 0 atom stereocenters. The molecule has 0 radical (unpaired) electrons. The third kappa shape index (κ3) is 3.69. The lowest BCUT2D eigenvalue weighted by molar-refractivity contribution is 0.702. The Morgan fingerprint density at radius 3 is 2.65 bits per heavy atom. The number of hydrogen-bond acceptors (Lipinski definition) is 4. The molecule has 1 heterocycles. The highest BCUT2D eigenvalue weighted by Gasteiger charge is 2.05. The van der Waals surface area contributed by atoms with E-state index in [1.54, 1.807) is 6.92 Å². The number of aromatic amines is 1. The Morgan fingerprint density at radius 1 is 1.29 bits per heavy atom. The van der Waals surface area contributed by atoms with Crippen molar-refractivity contribution in [1.29, 1.82) is 0 Å². The van der Waals surface area contributed by atoms with Gasteiger partial charge in [0.25, 0.3) is 5.56 Å². The third-order valence-electron chi connectivity index (χ3n) is 2.87. The van der Waals surface area contributed by atoms with E-state index in [9.17, 15) is 4.79 Å². The van der Waals surface area contributed by atoms with E-state index in [4.69, 9.17) is 0 Å². The molecule has 1 fully saturated rings. The van der Waals surface area contributed by atoms with Crippen LogP contribution in [-0.4, -0.2) is 15.7 Å². The Balaban J connectivity index is 2.04. The Morgan fingerprint density at radius 2 is 2.00 bits per heavy atom. The molecule has 92 valence electrons. The van der Waals surface area contributed by atoms with E-state index in [0.29, 0.717) is 11.6 Å². The van der Waals surface area contributed by atoms with E-state index in [-0.39, 0.29) is 5.56 Å². The molecule has 0 bridgehead atoms. The summed E-state index contributed by atoms with van der Waals surface area (Å²) in [6.45, 7) is 1.79. The van der Waals surface area contributed by atoms with Crippen LogP contribution in [0.15, 0.2) is 16.0 Å². The minimum absolute atomic E-state index is 0.152. The number of aryl methyl sites for hydroxylation is 1. The first kappa shape index (κ1) is 11.8. The van der Waals surface area contributed by atoms with Gasteiger partial charge in [0.05, 0.1) is 0 Å². The van der Waals surface area contributed by atoms with Crippen molar-refractivity contribution in [2.75, 3.05) is 5.43 Å². The minimum Gasteiger partial charge on any atom is -0.291 e. The monoisotopic (exact) mass is 234 g/mol. The lowest BCUT2D eigenvalue weighted by Crippen LogP contribution is -2.11. The third-order valence-corrected chi connectivity index (χ3v) is 2.87. The Hall–Kier alpha value is -1.65. The van der Waals surface area contributed by atoms with Gasteiger partial charge in [-0.1, -0.05) is 12.8 Å². The van der Waals surface area contributed by atoms with Gasteiger partial charge in [0.15, 0.2) is 0 Å². The minimum atomic E-state index is -0.152. The molecule has 17 heavy (non-hydrogen) atoms. The van der Waals surface area contributed by atoms with Crippen LogP contribution in [-0.2, 0) is 0 Å². The molecule has 0 unspecified atom stereocenters. The summed E-state index contributed by atoms with van der Waals surface area (Å²) in [4.78, 5) is 18.0. The fraction of sp³-hybridized carbons (Fsp3) is 0.583. The van der Waals surface area contributed by atoms with Crippen LogP contribution in [0.25, 0.3) is 0 Å². The van der Waals surface area contributed by atoms with Crippen LogP contribution in [0.2, 0.25) is 0 Å². The number of nitrogens with one attached hydrogen (secondary N) is 2. The molecule has 0 spiro atoms. The molecule has 2 rings (SSSR count). The fourth-order valence-electron chi connectivity index (χ4n) is 2.01. The van der Waals surface area contributed by atoms with Crippen molar-refractivity contribution in [1.82, 2.24) is 9.97 Å². The van der Waals surface area contributed by atoms with Crippen molar-refractivity contribution in [3.8, 4) is 0 Å². The van der Waals surface area contributed by atoms with Crippen LogP contribution in [0.4, 0.5) is 5.95 Å². The SMILES string of the molecule is Cc1cc(=O)[nH]c(NN=C2CCCCCC2)n1. The van der Waals surface area contributed by atoms with Crippen molar-refractivity contribution in [2.45, 2.75) is 45.4 Å². The summed E-state index contributed by atoms with van der Waals surface area (Å²) in [5, 5.41) is 4.33. The summed E-state index contributed by atoms with van der Waals surface area (Å²) in [5.74, 6) is 0.423. The quantitative estimate of drug-likeness (QED) is 0.608. The number of H-pyrrole nitrogens is 1. The molecular weight excluding hydrogens is 216 g/mol. The van der Waals surface area contributed by atoms with Crippen LogP contribution in [0, 0.1) is 6.92 Å². The van der Waals surface area contributed by atoms with E-state index in [1.807, 2.05) is 0 Å². The zero-order valence-electron chi connectivity index (χ0n) is 10.1. The van der Waals surface area contributed by atoms with Crippen molar-refractivity contribution in [3.05, 3.63) is 22.1 Å². The average molecular weight is 234 g/mol. The number of hydrazone groups is 1. The second-order valence-corrected chi connectivity index (χ2v) is 4.44. The van der Waals surface area contributed by atoms with Crippen LogP contribution < -0.4 is 11.0 Å². The molecule has 5 heteroatoms. The smallest absolute Gasteiger partial charge is 0.252 e. The van der Waals surface area contributed by atoms with Gasteiger partial charge in [-0.25, -0.2) is 10.4 Å². The largest absolute Gasteiger partial charge is 0.291 e. The molecule has 1 aromatic heterocycles. The van der Waals surface area contributed by atoms with Crippen molar-refractivity contribution < 1.29 is 0 Å². The normalized spacial score (nSPS) is 16.4. The summed E-state index contributed by atoms with van der Waals surface area (Å²) in [6, 6.07) is 1.46. The van der Waals surface area contributed by atoms with Crippen molar-refractivity contribution in [2.24, 2.45) is 5.10 Å². The Kier molecular flexibility index (Phi) is 3.90. The molecule has 0 aliphatic heterocycles. The van der Waals surface area contributed by atoms with Gasteiger partial charge in [-0.2, -0.15) is 5.10 Å². The molecule has 0 saturated heterocycles. The maximum atomic E-state index is 11.2. The molecule has 1 aromatic rings. The van der Waals surface area contributed by atoms with E-state index in [1.165, 1.54) is 37.5 Å². The van der Waals surface area contributed by atoms with Gasteiger partial charge in [0, 0.05) is 17.5 Å². The zero-order chi connectivity index (χ0) is 12.1. The standard InChI is InChI=1S/C12H18N4O/c1-9-8-11(17)14-12(13-9)16-15-10-6-4-2-3-5-7-10/h8H,2-7H2,1H3,(H2,13,14,16,17). The lowest BCUT2D eigenvalue weighted by Gasteiger charge is -2.03. The highest BCUT2D eigenvalue weighted by atomic mass is 16.1. The first-order chi connectivity index (χ1) is 8.24. The van der Waals surface area contributed by atoms with Gasteiger partial charge >= 0.3 is 0 Å². The molecule has 1 saturated carbocycles. The summed E-state index contributed by atoms with van der Waals surface area (Å²) in [6.07, 6.45) is 7.08. The highest BCUT2D eigenvalue weighted by Crippen LogP contribution is 2.14. The maximum Gasteiger partial charge on any atom is 0.252 e. The fourth-order valence-corrected chi connectivity index (χ4v) is 2.01. The Bertz CT molecular complexity index is 454. The highest BCUT2D eigenvalue weighted by molar-refractivity contribution is 5.85. The number of anilines is 1. The van der Waals surface area contributed by atoms with Crippen LogP contribution in [0.5, 0.6) is 0 Å². The molecule has 0 amide bonds. The predicted molar refractivity (Wildman–Crippen MR) is 68.4 cm³/mol. The number of aromatic nitrogens is 2. The summed E-state index contributed by atoms with van der Waals surface area (Å²) in [5.41, 5.74) is 4.56. The first-order valence-corrected chi connectivity index (χ1v) is 6.13. The van der Waals surface area contributed by atoms with E-state index >= 15 is 0 Å². The topological polar surface area (TPSA) is 70.1 Å². The summed E-state index contributed by atoms with van der Waals surface area (Å²) >= 11 is 0. The summed E-state index contributed by atoms with van der Waals surface area (Å²) < 4.78 is 0. The molecule has 1 aliphatic rings. The van der Waals surface area contributed by atoms with Gasteiger partial charge in [-0.3, -0.25) is 9.78 Å². The number of hydrogen-bond donors (Lipinski definition) is 2. The lowest BCUT2D eigenvalue weighted by atomic mass is 10.2. The van der Waals surface area contributed by atoms with Crippen LogP contribution in [0.3, 0.4) is 0 Å². The van der Waals surface area contributed by atoms with E-state index < -0.39 is 0 Å². The predicted octanol–water partition coefficient (Wildman–Crippen LogP) is 2.20. The Labute approximate surface area is 100 Å². The van der Waals surface area contributed by atoms with Gasteiger partial charge in [-0.15, -0.1) is 0 Å². The molecule has 1 aliphatic carbocycles.